The number of fused-ring (bicyclic) bond motifs is 1. The molecule has 3 rings (SSSR count). The number of allylic oxidation sites excluding steroid dienone is 1. The van der Waals surface area contributed by atoms with Crippen molar-refractivity contribution in [3.63, 3.8) is 0 Å². The van der Waals surface area contributed by atoms with Crippen molar-refractivity contribution in [2.24, 2.45) is 0 Å². The van der Waals surface area contributed by atoms with E-state index in [-0.39, 0.29) is 0 Å². The predicted molar refractivity (Wildman–Crippen MR) is 90.7 cm³/mol. The van der Waals surface area contributed by atoms with Gasteiger partial charge in [0.1, 0.15) is 0 Å². The predicted octanol–water partition coefficient (Wildman–Crippen LogP) is 5.12. The summed E-state index contributed by atoms with van der Waals surface area (Å²) in [6, 6.07) is 19.6. The Bertz CT molecular complexity index is 750. The zero-order valence-corrected chi connectivity index (χ0v) is 12.5. The minimum absolute atomic E-state index is 0.932. The van der Waals surface area contributed by atoms with Crippen LogP contribution in [0.15, 0.2) is 67.3 Å². The lowest BCUT2D eigenvalue weighted by molar-refractivity contribution is 0.805. The number of rotatable bonds is 5. The fourth-order valence-electron chi connectivity index (χ4n) is 2.93. The first-order valence-corrected chi connectivity index (χ1v) is 7.52. The largest absolute Gasteiger partial charge is 0.340 e. The van der Waals surface area contributed by atoms with Crippen molar-refractivity contribution in [3.05, 3.63) is 84.1 Å². The summed E-state index contributed by atoms with van der Waals surface area (Å²) in [4.78, 5) is 0. The van der Waals surface area contributed by atoms with Gasteiger partial charge in [-0.2, -0.15) is 0 Å². The molecular weight excluding hydrogens is 254 g/mol. The second-order valence-electron chi connectivity index (χ2n) is 5.53. The average molecular weight is 275 g/mol. The van der Waals surface area contributed by atoms with E-state index in [2.05, 4.69) is 72.7 Å². The van der Waals surface area contributed by atoms with E-state index < -0.39 is 0 Å². The first kappa shape index (κ1) is 13.7. The molecule has 21 heavy (non-hydrogen) atoms. The molecule has 0 saturated carbocycles. The second kappa shape index (κ2) is 6.01. The van der Waals surface area contributed by atoms with Gasteiger partial charge in [0.2, 0.25) is 0 Å². The molecule has 1 heteroatoms. The zero-order valence-electron chi connectivity index (χ0n) is 12.5. The molecule has 0 spiro atoms. The van der Waals surface area contributed by atoms with Crippen LogP contribution in [0.2, 0.25) is 0 Å². The van der Waals surface area contributed by atoms with E-state index in [0.717, 1.165) is 19.4 Å². The van der Waals surface area contributed by atoms with Gasteiger partial charge in [0.25, 0.3) is 0 Å². The van der Waals surface area contributed by atoms with E-state index in [1.54, 1.807) is 0 Å². The van der Waals surface area contributed by atoms with E-state index in [1.807, 2.05) is 6.08 Å². The van der Waals surface area contributed by atoms with E-state index in [9.17, 15) is 0 Å². The highest BCUT2D eigenvalue weighted by Crippen LogP contribution is 2.25. The molecule has 3 aromatic rings. The third-order valence-electron chi connectivity index (χ3n) is 4.04. The molecule has 106 valence electrons. The molecule has 0 atom stereocenters. The summed E-state index contributed by atoms with van der Waals surface area (Å²) in [6.45, 7) is 6.96. The molecule has 0 N–H and O–H groups in total. The quantitative estimate of drug-likeness (QED) is 0.570. The van der Waals surface area contributed by atoms with Crippen LogP contribution in [-0.2, 0) is 13.0 Å². The summed E-state index contributed by atoms with van der Waals surface area (Å²) in [7, 11) is 0. The monoisotopic (exact) mass is 275 g/mol. The Hall–Kier alpha value is -2.28. The Morgan fingerprint density at radius 1 is 1.05 bits per heavy atom. The Balaban J connectivity index is 2.03. The molecule has 0 aliphatic carbocycles. The van der Waals surface area contributed by atoms with Gasteiger partial charge in [-0.15, -0.1) is 6.58 Å². The van der Waals surface area contributed by atoms with Gasteiger partial charge in [-0.3, -0.25) is 0 Å². The summed E-state index contributed by atoms with van der Waals surface area (Å²) in [5, 5.41) is 1.38. The maximum Gasteiger partial charge on any atom is 0.0488 e. The smallest absolute Gasteiger partial charge is 0.0488 e. The van der Waals surface area contributed by atoms with Gasteiger partial charge in [0.05, 0.1) is 0 Å². The highest BCUT2D eigenvalue weighted by molar-refractivity contribution is 5.85. The van der Waals surface area contributed by atoms with Crippen molar-refractivity contribution >= 4 is 10.9 Å². The number of hydrogen-bond acceptors (Lipinski definition) is 0. The van der Waals surface area contributed by atoms with Crippen LogP contribution in [0.25, 0.3) is 10.9 Å². The maximum absolute atomic E-state index is 3.83. The van der Waals surface area contributed by atoms with Crippen molar-refractivity contribution in [1.82, 2.24) is 4.57 Å². The zero-order chi connectivity index (χ0) is 14.7. The molecule has 0 amide bonds. The molecule has 2 aromatic carbocycles. The Morgan fingerprint density at radius 2 is 1.86 bits per heavy atom. The number of aromatic nitrogens is 1. The van der Waals surface area contributed by atoms with Crippen LogP contribution in [0.3, 0.4) is 0 Å². The number of nitrogens with zero attached hydrogens (tertiary/aromatic N) is 1. The van der Waals surface area contributed by atoms with E-state index >= 15 is 0 Å². The standard InChI is InChI=1S/C20H21N/c1-3-4-11-18-12-8-13-20-19(18)14-16(2)21(20)15-17-9-6-5-7-10-17/h3,5-10,12-14H,1,4,11,15H2,2H3. The Morgan fingerprint density at radius 3 is 2.62 bits per heavy atom. The topological polar surface area (TPSA) is 4.93 Å². The molecule has 0 aliphatic heterocycles. The minimum atomic E-state index is 0.932. The molecule has 0 radical (unpaired) electrons. The van der Waals surface area contributed by atoms with Gasteiger partial charge in [0.15, 0.2) is 0 Å². The first-order valence-electron chi connectivity index (χ1n) is 7.52. The van der Waals surface area contributed by atoms with Crippen molar-refractivity contribution in [3.8, 4) is 0 Å². The van der Waals surface area contributed by atoms with Gasteiger partial charge < -0.3 is 4.57 Å². The number of aryl methyl sites for hydroxylation is 2. The summed E-state index contributed by atoms with van der Waals surface area (Å²) >= 11 is 0. The van der Waals surface area contributed by atoms with Gasteiger partial charge in [-0.05, 0) is 43.0 Å². The Labute approximate surface area is 126 Å². The molecule has 0 aliphatic rings. The fraction of sp³-hybridized carbons (Fsp3) is 0.200. The SMILES string of the molecule is C=CCCc1cccc2c1cc(C)n2Cc1ccccc1. The molecule has 1 heterocycles. The molecule has 0 unspecified atom stereocenters. The fourth-order valence-corrected chi connectivity index (χ4v) is 2.93. The second-order valence-corrected chi connectivity index (χ2v) is 5.53. The lowest BCUT2D eigenvalue weighted by Gasteiger charge is -2.09. The highest BCUT2D eigenvalue weighted by Gasteiger charge is 2.09. The lowest BCUT2D eigenvalue weighted by atomic mass is 10.1. The minimum Gasteiger partial charge on any atom is -0.340 e. The molecular formula is C20H21N. The summed E-state index contributed by atoms with van der Waals surface area (Å²) in [5.41, 5.74) is 5.41. The summed E-state index contributed by atoms with van der Waals surface area (Å²) in [6.07, 6.45) is 4.09. The van der Waals surface area contributed by atoms with E-state index in [4.69, 9.17) is 0 Å². The van der Waals surface area contributed by atoms with E-state index in [0.29, 0.717) is 0 Å². The Kier molecular flexibility index (Phi) is 3.92. The molecule has 0 saturated heterocycles. The third kappa shape index (κ3) is 2.78. The van der Waals surface area contributed by atoms with Gasteiger partial charge in [-0.25, -0.2) is 0 Å². The summed E-state index contributed by atoms with van der Waals surface area (Å²) < 4.78 is 2.40. The van der Waals surface area contributed by atoms with Gasteiger partial charge >= 0.3 is 0 Å². The van der Waals surface area contributed by atoms with Crippen LogP contribution in [0, 0.1) is 6.92 Å². The molecule has 1 nitrogen and oxygen atoms in total. The summed E-state index contributed by atoms with van der Waals surface area (Å²) in [5.74, 6) is 0. The molecule has 1 aromatic heterocycles. The number of hydrogen-bond donors (Lipinski definition) is 0. The van der Waals surface area contributed by atoms with Crippen LogP contribution in [0.5, 0.6) is 0 Å². The molecule has 0 fully saturated rings. The van der Waals surface area contributed by atoms with E-state index in [1.165, 1.54) is 27.7 Å². The highest BCUT2D eigenvalue weighted by atomic mass is 15.0. The lowest BCUT2D eigenvalue weighted by Crippen LogP contribution is -2.01. The third-order valence-corrected chi connectivity index (χ3v) is 4.04. The first-order chi connectivity index (χ1) is 10.3. The van der Waals surface area contributed by atoms with Crippen LogP contribution >= 0.6 is 0 Å². The number of benzene rings is 2. The van der Waals surface area contributed by atoms with Crippen LogP contribution < -0.4 is 0 Å². The van der Waals surface area contributed by atoms with Crippen molar-refractivity contribution < 1.29 is 0 Å². The van der Waals surface area contributed by atoms with Crippen LogP contribution in [0.4, 0.5) is 0 Å². The van der Waals surface area contributed by atoms with Crippen LogP contribution in [-0.4, -0.2) is 4.57 Å². The van der Waals surface area contributed by atoms with Crippen molar-refractivity contribution in [1.29, 1.82) is 0 Å². The maximum atomic E-state index is 3.83. The van der Waals surface area contributed by atoms with Gasteiger partial charge in [0, 0.05) is 23.1 Å². The normalized spacial score (nSPS) is 10.9. The van der Waals surface area contributed by atoms with Gasteiger partial charge in [-0.1, -0.05) is 48.5 Å². The average Bonchev–Trinajstić information content (AvgIpc) is 2.83. The van der Waals surface area contributed by atoms with Crippen LogP contribution in [0.1, 0.15) is 23.2 Å². The van der Waals surface area contributed by atoms with Crippen molar-refractivity contribution in [2.75, 3.05) is 0 Å². The molecule has 0 bridgehead atoms. The van der Waals surface area contributed by atoms with Crippen molar-refractivity contribution in [2.45, 2.75) is 26.3 Å².